The van der Waals surface area contributed by atoms with Gasteiger partial charge in [0, 0.05) is 32.3 Å². The number of amides is 1. The van der Waals surface area contributed by atoms with Gasteiger partial charge < -0.3 is 56.2 Å². The normalized spacial score (nSPS) is 11.2. The molecule has 0 bridgehead atoms. The molecule has 1 aromatic rings. The number of nitrogens with zero attached hydrogens (tertiary/aromatic N) is 3. The van der Waals surface area contributed by atoms with Crippen LogP contribution >= 0.6 is 0 Å². The minimum Gasteiger partial charge on any atom is -1.00 e. The van der Waals surface area contributed by atoms with Crippen LogP contribution < -0.4 is 32.9 Å². The number of rotatable bonds is 28. The second-order valence-corrected chi connectivity index (χ2v) is 12.4. The minimum atomic E-state index is -0.793. The van der Waals surface area contributed by atoms with Gasteiger partial charge in [-0.25, -0.2) is 9.59 Å². The van der Waals surface area contributed by atoms with Crippen LogP contribution in [0.25, 0.3) is 0 Å². The Balaban J connectivity index is 0.0000250. The number of guanidine groups is 1. The van der Waals surface area contributed by atoms with Crippen molar-refractivity contribution in [1.82, 2.24) is 10.6 Å². The van der Waals surface area contributed by atoms with E-state index in [0.717, 1.165) is 37.8 Å². The number of carbonyl (C=O) groups is 2. The first-order valence-corrected chi connectivity index (χ1v) is 17.7. The van der Waals surface area contributed by atoms with Crippen molar-refractivity contribution in [2.45, 2.75) is 97.3 Å². The highest BCUT2D eigenvalue weighted by atomic mass is 35.5. The molecule has 0 aromatic carbocycles. The van der Waals surface area contributed by atoms with Crippen molar-refractivity contribution in [2.75, 3.05) is 78.4 Å². The molecule has 0 spiro atoms. The number of hydrogen-bond acceptors (Lipinski definition) is 11. The van der Waals surface area contributed by atoms with Gasteiger partial charge in [-0.3, -0.25) is 10.3 Å². The van der Waals surface area contributed by atoms with E-state index < -0.39 is 11.8 Å². The molecule has 0 aliphatic heterocycles. The molecule has 3 N–H and O–H groups in total. The zero-order valence-corrected chi connectivity index (χ0v) is 31.8. The molecule has 16 heteroatoms. The second-order valence-electron chi connectivity index (χ2n) is 12.4. The van der Waals surface area contributed by atoms with Crippen molar-refractivity contribution in [2.24, 2.45) is 4.99 Å². The monoisotopic (exact) mass is 744 g/mol. The molecule has 0 saturated heterocycles. The maximum absolute atomic E-state index is 11.9. The molecule has 0 aliphatic carbocycles. The van der Waals surface area contributed by atoms with E-state index in [-0.39, 0.29) is 38.4 Å². The quantitative estimate of drug-likeness (QED) is 0.0217. The van der Waals surface area contributed by atoms with Crippen LogP contribution in [0, 0.1) is 11.5 Å². The van der Waals surface area contributed by atoms with Gasteiger partial charge in [0.1, 0.15) is 12.2 Å². The van der Waals surface area contributed by atoms with Crippen LogP contribution in [0.3, 0.4) is 0 Å². The lowest BCUT2D eigenvalue weighted by Gasteiger charge is -2.19. The number of anilines is 1. The first kappa shape index (κ1) is 47.6. The van der Waals surface area contributed by atoms with Crippen molar-refractivity contribution in [3.05, 3.63) is 24.5 Å². The Bertz CT molecular complexity index is 1090. The van der Waals surface area contributed by atoms with Gasteiger partial charge in [-0.05, 0) is 33.6 Å². The van der Waals surface area contributed by atoms with Crippen molar-refractivity contribution in [3.63, 3.8) is 0 Å². The average molecular weight is 745 g/mol. The Morgan fingerprint density at radius 2 is 1.31 bits per heavy atom. The number of unbranched alkanes of at least 4 members (excludes halogenated alkanes) is 9. The van der Waals surface area contributed by atoms with Crippen molar-refractivity contribution in [1.29, 1.82) is 5.26 Å². The Morgan fingerprint density at radius 3 is 1.86 bits per heavy atom. The van der Waals surface area contributed by atoms with Gasteiger partial charge >= 0.3 is 12.2 Å². The Morgan fingerprint density at radius 1 is 0.784 bits per heavy atom. The summed E-state index contributed by atoms with van der Waals surface area (Å²) in [5.41, 5.74) is 0.264. The molecule has 0 unspecified atom stereocenters. The lowest BCUT2D eigenvalue weighted by molar-refractivity contribution is -0.727. The van der Waals surface area contributed by atoms with Crippen LogP contribution in [-0.2, 0) is 39.9 Å². The molecule has 0 saturated carbocycles. The molecule has 0 atom stereocenters. The van der Waals surface area contributed by atoms with E-state index in [9.17, 15) is 9.59 Å². The van der Waals surface area contributed by atoms with Gasteiger partial charge in [0.25, 0.3) is 6.73 Å². The maximum atomic E-state index is 11.9. The summed E-state index contributed by atoms with van der Waals surface area (Å²) in [6.07, 6.45) is 15.6. The summed E-state index contributed by atoms with van der Waals surface area (Å²) < 4.78 is 37.9. The summed E-state index contributed by atoms with van der Waals surface area (Å²) in [7, 11) is 1.62. The third-order valence-corrected chi connectivity index (χ3v) is 6.81. The molecular weight excluding hydrogens is 684 g/mol. The van der Waals surface area contributed by atoms with Crippen LogP contribution in [0.2, 0.25) is 0 Å². The van der Waals surface area contributed by atoms with Gasteiger partial charge in [0.2, 0.25) is 5.96 Å². The van der Waals surface area contributed by atoms with Gasteiger partial charge in [0.15, 0.2) is 18.6 Å². The number of halogens is 1. The first-order valence-electron chi connectivity index (χ1n) is 17.7. The van der Waals surface area contributed by atoms with E-state index in [2.05, 4.69) is 20.9 Å². The molecule has 0 aliphatic rings. The van der Waals surface area contributed by atoms with E-state index in [1.807, 2.05) is 27.0 Å². The largest absolute Gasteiger partial charge is 1.00 e. The third kappa shape index (κ3) is 31.1. The fourth-order valence-electron chi connectivity index (χ4n) is 4.31. The zero-order valence-electron chi connectivity index (χ0n) is 31.1. The number of pyridine rings is 1. The van der Waals surface area contributed by atoms with Crippen LogP contribution in [0.5, 0.6) is 0 Å². The number of methoxy groups -OCH3 is 1. The molecule has 1 amide bonds. The van der Waals surface area contributed by atoms with Gasteiger partial charge in [-0.2, -0.15) is 9.83 Å². The fraction of sp³-hybridized carbons (Fsp3) is 0.743. The standard InChI is InChI=1S/C35H60N6O9.ClH/c1-35(2,3)50-33(42)38-18-14-12-10-8-6-5-7-9-11-13-17-37-32(39-29-36)40-31-15-19-41(20-16-31)30-49-34(43)48-28-27-47-26-25-46-24-23-45-22-21-44-4;/h15-16,19-20H,5-14,17-18,21-28,30H2,1-4H3,(H2,37,38,39,42);1H. The van der Waals surface area contributed by atoms with Gasteiger partial charge in [-0.15, -0.1) is 0 Å². The predicted molar refractivity (Wildman–Crippen MR) is 188 cm³/mol. The first-order chi connectivity index (χ1) is 24.2. The third-order valence-electron chi connectivity index (χ3n) is 6.81. The average Bonchev–Trinajstić information content (AvgIpc) is 3.07. The number of aromatic nitrogens is 1. The van der Waals surface area contributed by atoms with Crippen molar-refractivity contribution < 1.29 is 59.7 Å². The molecule has 15 nitrogen and oxygen atoms in total. The number of aliphatic imine (C=N–C) groups is 1. The van der Waals surface area contributed by atoms with Crippen molar-refractivity contribution in [3.8, 4) is 6.19 Å². The molecule has 1 rings (SSSR count). The van der Waals surface area contributed by atoms with Gasteiger partial charge in [-0.1, -0.05) is 51.4 Å². The lowest BCUT2D eigenvalue weighted by Crippen LogP contribution is -3.00. The SMILES string of the molecule is COCCOCCOCCOCCOC(=O)OC[n+]1ccc(N/C(=N\CCCCCCCCCCCCNC(=O)OC(C)(C)C)NC#N)cc1.[Cl-]. The fourth-order valence-corrected chi connectivity index (χ4v) is 4.31. The summed E-state index contributed by atoms with van der Waals surface area (Å²) in [6.45, 7) is 9.99. The number of nitriles is 1. The molecule has 292 valence electrons. The number of carbonyl (C=O) groups excluding carboxylic acids is 2. The minimum absolute atomic E-state index is 0. The highest BCUT2D eigenvalue weighted by Crippen LogP contribution is 2.11. The van der Waals surface area contributed by atoms with Crippen molar-refractivity contribution >= 4 is 23.9 Å². The molecule has 1 aromatic heterocycles. The van der Waals surface area contributed by atoms with Crippen LogP contribution in [0.1, 0.15) is 85.0 Å². The Hall–Kier alpha value is -3.42. The summed E-state index contributed by atoms with van der Waals surface area (Å²) >= 11 is 0. The second kappa shape index (κ2) is 32.5. The van der Waals surface area contributed by atoms with Crippen LogP contribution in [-0.4, -0.2) is 96.9 Å². The topological polar surface area (TPSA) is 175 Å². The zero-order chi connectivity index (χ0) is 36.5. The maximum Gasteiger partial charge on any atom is 0.513 e. The molecular formula is C35H61ClN6O9. The number of ether oxygens (including phenoxy) is 7. The molecule has 51 heavy (non-hydrogen) atoms. The number of alkyl carbamates (subject to hydrolysis) is 1. The summed E-state index contributed by atoms with van der Waals surface area (Å²) in [5.74, 6) is 0.382. The summed E-state index contributed by atoms with van der Waals surface area (Å²) in [6, 6.07) is 3.57. The van der Waals surface area contributed by atoms with Crippen LogP contribution in [0.15, 0.2) is 29.5 Å². The summed E-state index contributed by atoms with van der Waals surface area (Å²) in [5, 5.41) is 17.6. The van der Waals surface area contributed by atoms with E-state index in [0.29, 0.717) is 58.7 Å². The van der Waals surface area contributed by atoms with E-state index >= 15 is 0 Å². The van der Waals surface area contributed by atoms with Gasteiger partial charge in [0.05, 0.1) is 51.9 Å². The van der Waals surface area contributed by atoms with E-state index in [1.165, 1.54) is 32.1 Å². The lowest BCUT2D eigenvalue weighted by atomic mass is 10.1. The number of hydrogen-bond donors (Lipinski definition) is 3. The van der Waals surface area contributed by atoms with E-state index in [1.54, 1.807) is 36.2 Å². The molecule has 1 heterocycles. The molecule has 0 radical (unpaired) electrons. The molecule has 0 fully saturated rings. The number of nitrogens with one attached hydrogen (secondary N) is 3. The summed E-state index contributed by atoms with van der Waals surface area (Å²) in [4.78, 5) is 28.0. The van der Waals surface area contributed by atoms with E-state index in [4.69, 9.17) is 38.4 Å². The smallest absolute Gasteiger partial charge is 0.513 e. The predicted octanol–water partition coefficient (Wildman–Crippen LogP) is 2.05. The van der Waals surface area contributed by atoms with Crippen LogP contribution in [0.4, 0.5) is 15.3 Å². The highest BCUT2D eigenvalue weighted by molar-refractivity contribution is 5.94. The highest BCUT2D eigenvalue weighted by Gasteiger charge is 2.15. The Kier molecular flexibility index (Phi) is 30.3. The Labute approximate surface area is 310 Å².